The average molecular weight is 288 g/mol. The molecular weight excluding hydrogens is 266 g/mol. The Hall–Kier alpha value is -2.28. The number of hydrogen-bond acceptors (Lipinski definition) is 1. The predicted octanol–water partition coefficient (Wildman–Crippen LogP) is 5.54. The number of pyridine rings is 1. The van der Waals surface area contributed by atoms with E-state index in [1.165, 1.54) is 16.5 Å². The van der Waals surface area contributed by atoms with Crippen molar-refractivity contribution in [2.45, 2.75) is 27.2 Å². The lowest BCUT2D eigenvalue weighted by Gasteiger charge is -2.12. The van der Waals surface area contributed by atoms with Gasteiger partial charge in [0.1, 0.15) is 5.69 Å². The van der Waals surface area contributed by atoms with Crippen LogP contribution in [0.15, 0.2) is 60.2 Å². The molecule has 1 heteroatoms. The van der Waals surface area contributed by atoms with Crippen LogP contribution in [0.4, 0.5) is 0 Å². The van der Waals surface area contributed by atoms with Crippen molar-refractivity contribution in [3.8, 4) is 0 Å². The molecule has 1 nitrogen and oxygen atoms in total. The minimum Gasteiger partial charge on any atom is -0.208 e. The van der Waals surface area contributed by atoms with E-state index in [0.717, 1.165) is 28.8 Å². The average Bonchev–Trinajstić information content (AvgIpc) is 2.45. The smallest absolute Gasteiger partial charge is 0.134 e. The maximum atomic E-state index is 4.87. The van der Waals surface area contributed by atoms with Gasteiger partial charge in [0.05, 0.1) is 16.7 Å². The second kappa shape index (κ2) is 5.84. The molecule has 0 amide bonds. The summed E-state index contributed by atoms with van der Waals surface area (Å²) in [5.41, 5.74) is 6.91. The van der Waals surface area contributed by atoms with Crippen molar-refractivity contribution in [1.82, 2.24) is 4.98 Å². The molecule has 1 aliphatic rings. The summed E-state index contributed by atoms with van der Waals surface area (Å²) in [6.07, 6.45) is 7.47. The fourth-order valence-electron chi connectivity index (χ4n) is 3.01. The van der Waals surface area contributed by atoms with E-state index in [1.54, 1.807) is 0 Å². The lowest BCUT2D eigenvalue weighted by molar-refractivity contribution is 0.650. The number of para-hydroxylation sites is 1. The van der Waals surface area contributed by atoms with Gasteiger partial charge in [0.25, 0.3) is 0 Å². The summed E-state index contributed by atoms with van der Waals surface area (Å²) in [6.45, 7) is 10.7. The molecule has 0 unspecified atom stereocenters. The number of fused-ring (bicyclic) bond motifs is 1. The van der Waals surface area contributed by atoms with E-state index in [9.17, 15) is 0 Å². The van der Waals surface area contributed by atoms with Crippen molar-refractivity contribution in [3.63, 3.8) is 0 Å². The van der Waals surface area contributed by atoms with Crippen molar-refractivity contribution in [3.05, 3.63) is 77.9 Å². The van der Waals surface area contributed by atoms with Crippen LogP contribution in [0.25, 0.3) is 16.5 Å². The molecule has 3 rings (SSSR count). The zero-order chi connectivity index (χ0) is 15.7. The third kappa shape index (κ3) is 2.99. The van der Waals surface area contributed by atoms with Crippen LogP contribution in [0.2, 0.25) is 0 Å². The van der Waals surface area contributed by atoms with E-state index in [4.69, 9.17) is 4.98 Å². The van der Waals surface area contributed by atoms with Crippen LogP contribution in [-0.4, -0.2) is 4.98 Å². The minimum absolute atomic E-state index is 0.625. The molecule has 0 aliphatic heterocycles. The van der Waals surface area contributed by atoms with Crippen LogP contribution in [0.1, 0.15) is 32.0 Å². The van der Waals surface area contributed by atoms with E-state index >= 15 is 0 Å². The van der Waals surface area contributed by atoms with Crippen molar-refractivity contribution >= 4 is 16.5 Å². The lowest BCUT2D eigenvalue weighted by atomic mass is 9.91. The molecule has 0 atom stereocenters. The zero-order valence-corrected chi connectivity index (χ0v) is 13.6. The maximum Gasteiger partial charge on any atom is 0.134 e. The van der Waals surface area contributed by atoms with Gasteiger partial charge in [-0.2, -0.15) is 0 Å². The lowest BCUT2D eigenvalue weighted by Crippen LogP contribution is -2.02. The van der Waals surface area contributed by atoms with Gasteiger partial charge in [-0.05, 0) is 37.5 Å². The number of allylic oxidation sites excluding steroid dienone is 5. The molecule has 1 aromatic carbocycles. The molecule has 2 aromatic rings. The molecule has 22 heavy (non-hydrogen) atoms. The summed E-state index contributed by atoms with van der Waals surface area (Å²) >= 11 is 0. The van der Waals surface area contributed by atoms with Crippen LogP contribution in [0, 0.1) is 12.3 Å². The Morgan fingerprint density at radius 3 is 2.68 bits per heavy atom. The van der Waals surface area contributed by atoms with Crippen molar-refractivity contribution in [1.29, 1.82) is 0 Å². The summed E-state index contributed by atoms with van der Waals surface area (Å²) < 4.78 is 0. The number of benzene rings is 1. The molecule has 0 N–H and O–H groups in total. The molecule has 110 valence electrons. The topological polar surface area (TPSA) is 12.9 Å². The Kier molecular flexibility index (Phi) is 3.89. The van der Waals surface area contributed by atoms with Gasteiger partial charge in [-0.1, -0.05) is 32.0 Å². The molecule has 1 heterocycles. The number of rotatable bonds is 3. The molecule has 0 saturated carbocycles. The van der Waals surface area contributed by atoms with E-state index in [2.05, 4.69) is 76.3 Å². The third-order valence-electron chi connectivity index (χ3n) is 3.86. The first-order valence-electron chi connectivity index (χ1n) is 7.85. The fourth-order valence-corrected chi connectivity index (χ4v) is 3.01. The number of hydrogen-bond donors (Lipinski definition) is 0. The summed E-state index contributed by atoms with van der Waals surface area (Å²) in [5.74, 6) is 0.625. The predicted molar refractivity (Wildman–Crippen MR) is 95.5 cm³/mol. The highest BCUT2D eigenvalue weighted by Crippen LogP contribution is 2.30. The summed E-state index contributed by atoms with van der Waals surface area (Å²) in [5, 5.41) is 1.27. The molecule has 1 aromatic heterocycles. The van der Waals surface area contributed by atoms with E-state index in [-0.39, 0.29) is 0 Å². The molecule has 0 fully saturated rings. The van der Waals surface area contributed by atoms with Gasteiger partial charge in [0, 0.05) is 35.6 Å². The Balaban J connectivity index is 2.15. The van der Waals surface area contributed by atoms with Crippen molar-refractivity contribution in [2.24, 2.45) is 5.92 Å². The SMILES string of the molecule is C=C1C=C(C)C=C(c2cc(CC(C)C)c3ccccc3n2)[CH+]1. The van der Waals surface area contributed by atoms with Crippen LogP contribution in [0.3, 0.4) is 0 Å². The molecule has 0 spiro atoms. The number of aromatic nitrogens is 1. The Morgan fingerprint density at radius 2 is 1.95 bits per heavy atom. The first kappa shape index (κ1) is 14.6. The highest BCUT2D eigenvalue weighted by Gasteiger charge is 2.19. The highest BCUT2D eigenvalue weighted by molar-refractivity contribution is 5.87. The van der Waals surface area contributed by atoms with Crippen LogP contribution >= 0.6 is 0 Å². The van der Waals surface area contributed by atoms with E-state index < -0.39 is 0 Å². The van der Waals surface area contributed by atoms with Crippen LogP contribution in [-0.2, 0) is 6.42 Å². The molecule has 1 aliphatic carbocycles. The quantitative estimate of drug-likeness (QED) is 0.676. The first-order chi connectivity index (χ1) is 10.5. The standard InChI is InChI=1S/C21H22N/c1-14(2)9-17-13-21(18-11-15(3)10-16(4)12-18)22-20-8-6-5-7-19(17)20/h5-8,10-14H,3,9H2,1-2,4H3/q+1. The van der Waals surface area contributed by atoms with Gasteiger partial charge in [-0.15, -0.1) is 0 Å². The second-order valence-electron chi connectivity index (χ2n) is 6.49. The normalized spacial score (nSPS) is 14.8. The zero-order valence-electron chi connectivity index (χ0n) is 13.6. The Bertz CT molecular complexity index is 791. The number of nitrogens with zero attached hydrogens (tertiary/aromatic N) is 1. The van der Waals surface area contributed by atoms with E-state index in [1.807, 2.05) is 0 Å². The monoisotopic (exact) mass is 288 g/mol. The van der Waals surface area contributed by atoms with E-state index in [0.29, 0.717) is 5.92 Å². The third-order valence-corrected chi connectivity index (χ3v) is 3.86. The Morgan fingerprint density at radius 1 is 1.18 bits per heavy atom. The van der Waals surface area contributed by atoms with Crippen molar-refractivity contribution < 1.29 is 0 Å². The van der Waals surface area contributed by atoms with Crippen molar-refractivity contribution in [2.75, 3.05) is 0 Å². The maximum absolute atomic E-state index is 4.87. The Labute approximate surface area is 133 Å². The largest absolute Gasteiger partial charge is 0.208 e. The molecule has 0 radical (unpaired) electrons. The first-order valence-corrected chi connectivity index (χ1v) is 7.85. The second-order valence-corrected chi connectivity index (χ2v) is 6.49. The van der Waals surface area contributed by atoms with Crippen LogP contribution in [0.5, 0.6) is 0 Å². The summed E-state index contributed by atoms with van der Waals surface area (Å²) in [7, 11) is 0. The summed E-state index contributed by atoms with van der Waals surface area (Å²) in [6, 6.07) is 10.7. The fraction of sp³-hybridized carbons (Fsp3) is 0.238. The van der Waals surface area contributed by atoms with Gasteiger partial charge in [-0.3, -0.25) is 0 Å². The van der Waals surface area contributed by atoms with Gasteiger partial charge in [0.2, 0.25) is 0 Å². The molecule has 0 bridgehead atoms. The molecular formula is C21H22N+. The van der Waals surface area contributed by atoms with Gasteiger partial charge < -0.3 is 0 Å². The highest BCUT2D eigenvalue weighted by atomic mass is 14.7. The minimum atomic E-state index is 0.625. The molecule has 0 saturated heterocycles. The van der Waals surface area contributed by atoms with Gasteiger partial charge >= 0.3 is 0 Å². The summed E-state index contributed by atoms with van der Waals surface area (Å²) in [4.78, 5) is 4.87. The van der Waals surface area contributed by atoms with Crippen LogP contribution < -0.4 is 0 Å². The van der Waals surface area contributed by atoms with Gasteiger partial charge in [0.15, 0.2) is 0 Å². The van der Waals surface area contributed by atoms with Gasteiger partial charge in [-0.25, -0.2) is 4.98 Å².